The first-order valence-corrected chi connectivity index (χ1v) is 14.1. The molecule has 6 aromatic rings. The molecule has 0 atom stereocenters. The van der Waals surface area contributed by atoms with Gasteiger partial charge < -0.3 is 19.4 Å². The molecular formula is C36H29N3O5. The van der Waals surface area contributed by atoms with Crippen molar-refractivity contribution in [3.05, 3.63) is 144 Å². The van der Waals surface area contributed by atoms with Crippen LogP contribution in [0.3, 0.4) is 0 Å². The maximum Gasteiger partial charge on any atom is 0.350 e. The quantitative estimate of drug-likeness (QED) is 0.126. The molecule has 6 rings (SSSR count). The highest BCUT2D eigenvalue weighted by molar-refractivity contribution is 6.21. The van der Waals surface area contributed by atoms with Crippen LogP contribution < -0.4 is 9.47 Å². The van der Waals surface area contributed by atoms with Crippen LogP contribution in [0.2, 0.25) is 0 Å². The lowest BCUT2D eigenvalue weighted by Gasteiger charge is -2.28. The third-order valence-corrected chi connectivity index (χ3v) is 7.29. The van der Waals surface area contributed by atoms with Crippen molar-refractivity contribution in [2.45, 2.75) is 25.7 Å². The van der Waals surface area contributed by atoms with E-state index < -0.39 is 11.6 Å². The van der Waals surface area contributed by atoms with Gasteiger partial charge in [-0.3, -0.25) is 0 Å². The minimum Gasteiger partial charge on any atom is -0.487 e. The second-order valence-electron chi connectivity index (χ2n) is 10.3. The Morgan fingerprint density at radius 1 is 0.682 bits per heavy atom. The second kappa shape index (κ2) is 12.6. The van der Waals surface area contributed by atoms with Crippen LogP contribution in [0.25, 0.3) is 21.8 Å². The zero-order valence-electron chi connectivity index (χ0n) is 24.0. The van der Waals surface area contributed by atoms with Gasteiger partial charge in [0.1, 0.15) is 24.7 Å². The molecule has 0 spiro atoms. The Bertz CT molecular complexity index is 1810. The van der Waals surface area contributed by atoms with Crippen LogP contribution in [-0.2, 0) is 28.4 Å². The molecule has 0 fully saturated rings. The molecule has 1 N–H and O–H groups in total. The highest BCUT2D eigenvalue weighted by Gasteiger charge is 2.32. The van der Waals surface area contributed by atoms with Crippen LogP contribution in [0.15, 0.2) is 126 Å². The number of nitrogens with zero attached hydrogens (tertiary/aromatic N) is 3. The van der Waals surface area contributed by atoms with E-state index in [1.165, 1.54) is 0 Å². The summed E-state index contributed by atoms with van der Waals surface area (Å²) in [6.45, 7) is 2.46. The Hall–Kier alpha value is -5.76. The molecule has 0 saturated carbocycles. The van der Waals surface area contributed by atoms with Crippen LogP contribution in [0.4, 0.5) is 0 Å². The van der Waals surface area contributed by atoms with E-state index in [0.29, 0.717) is 24.7 Å². The third-order valence-electron chi connectivity index (χ3n) is 7.29. The zero-order valence-corrected chi connectivity index (χ0v) is 24.0. The van der Waals surface area contributed by atoms with Gasteiger partial charge >= 0.3 is 5.97 Å². The zero-order chi connectivity index (χ0) is 30.4. The van der Waals surface area contributed by atoms with Crippen molar-refractivity contribution in [1.82, 2.24) is 9.97 Å². The lowest BCUT2D eigenvalue weighted by atomic mass is 9.88. The number of rotatable bonds is 11. The minimum atomic E-state index is -1.20. The molecule has 0 amide bonds. The van der Waals surface area contributed by atoms with E-state index in [1.807, 2.05) is 128 Å². The first-order chi connectivity index (χ1) is 21.5. The highest BCUT2D eigenvalue weighted by atomic mass is 16.6. The van der Waals surface area contributed by atoms with Crippen molar-refractivity contribution in [2.75, 3.05) is 0 Å². The van der Waals surface area contributed by atoms with E-state index in [1.54, 1.807) is 0 Å². The predicted molar refractivity (Wildman–Crippen MR) is 169 cm³/mol. The summed E-state index contributed by atoms with van der Waals surface area (Å²) in [6.07, 6.45) is 0.723. The fraction of sp³-hybridized carbons (Fsp3) is 0.111. The van der Waals surface area contributed by atoms with Crippen molar-refractivity contribution < 1.29 is 24.2 Å². The number of carboxylic acid groups (broad SMARTS) is 1. The summed E-state index contributed by atoms with van der Waals surface area (Å²) in [5.74, 6) is 0.113. The maximum atomic E-state index is 11.1. The molecule has 218 valence electrons. The number of aromatic nitrogens is 2. The highest BCUT2D eigenvalue weighted by Crippen LogP contribution is 2.35. The number of carboxylic acids is 1. The lowest BCUT2D eigenvalue weighted by molar-refractivity contribution is -0.129. The molecular weight excluding hydrogens is 554 g/mol. The van der Waals surface area contributed by atoms with Gasteiger partial charge in [0.05, 0.1) is 22.4 Å². The van der Waals surface area contributed by atoms with Crippen molar-refractivity contribution in [2.24, 2.45) is 5.16 Å². The van der Waals surface area contributed by atoms with E-state index in [-0.39, 0.29) is 0 Å². The molecule has 0 unspecified atom stereocenters. The van der Waals surface area contributed by atoms with E-state index in [2.05, 4.69) is 15.1 Å². The number of aliphatic carboxylic acids is 1. The Balaban J connectivity index is 1.16. The molecule has 8 nitrogen and oxygen atoms in total. The minimum absolute atomic E-state index is 0.317. The number of benzene rings is 4. The summed E-state index contributed by atoms with van der Waals surface area (Å²) in [4.78, 5) is 26.2. The van der Waals surface area contributed by atoms with Gasteiger partial charge in [0, 0.05) is 21.9 Å². The Kier molecular flexibility index (Phi) is 8.14. The summed E-state index contributed by atoms with van der Waals surface area (Å²) in [5, 5.41) is 15.0. The van der Waals surface area contributed by atoms with Gasteiger partial charge in [0.2, 0.25) is 0 Å². The van der Waals surface area contributed by atoms with E-state index >= 15 is 0 Å². The lowest BCUT2D eigenvalue weighted by Crippen LogP contribution is -2.26. The molecule has 0 aliphatic heterocycles. The number of hydrogen-bond acceptors (Lipinski definition) is 7. The smallest absolute Gasteiger partial charge is 0.350 e. The number of fused-ring (bicyclic) bond motifs is 2. The van der Waals surface area contributed by atoms with Gasteiger partial charge in [-0.1, -0.05) is 78.0 Å². The summed E-state index contributed by atoms with van der Waals surface area (Å²) in [7, 11) is 0. The molecule has 0 bridgehead atoms. The first kappa shape index (κ1) is 28.4. The Labute approximate surface area is 254 Å². The molecule has 0 radical (unpaired) electrons. The average Bonchev–Trinajstić information content (AvgIpc) is 3.06. The molecule has 2 heterocycles. The predicted octanol–water partition coefficient (Wildman–Crippen LogP) is 7.29. The molecule has 4 aromatic carbocycles. The molecule has 2 aromatic heterocycles. The SMILES string of the molecule is CC(O/N=C/C(=O)O)(c1ccc(OCc2ccc3ccccc3n2)cc1)c1ccc(OCc2ccc3ccccc3n2)cc1. The first-order valence-electron chi connectivity index (χ1n) is 14.1. The van der Waals surface area contributed by atoms with Crippen molar-refractivity contribution >= 4 is 34.0 Å². The van der Waals surface area contributed by atoms with E-state index in [0.717, 1.165) is 50.5 Å². The summed E-state index contributed by atoms with van der Waals surface area (Å²) in [6, 6.07) is 38.7. The van der Waals surface area contributed by atoms with Crippen LogP contribution >= 0.6 is 0 Å². The van der Waals surface area contributed by atoms with E-state index in [9.17, 15) is 4.79 Å². The largest absolute Gasteiger partial charge is 0.487 e. The molecule has 0 saturated heterocycles. The van der Waals surface area contributed by atoms with Crippen molar-refractivity contribution in [1.29, 1.82) is 0 Å². The van der Waals surface area contributed by atoms with Crippen LogP contribution in [0.1, 0.15) is 29.4 Å². The Morgan fingerprint density at radius 2 is 1.14 bits per heavy atom. The number of carbonyl (C=O) groups is 1. The molecule has 8 heteroatoms. The van der Waals surface area contributed by atoms with Gasteiger partial charge in [-0.05, 0) is 55.5 Å². The standard InChI is InChI=1S/C36H29N3O5/c1-36(44-37-22-35(40)41,27-12-18-31(19-13-27)42-23-29-16-10-25-6-2-4-8-33(25)38-29)28-14-20-32(21-15-28)43-24-30-17-11-26-7-3-5-9-34(26)39-30/h2-22H,23-24H2,1H3,(H,40,41)/b37-22+. The van der Waals surface area contributed by atoms with E-state index in [4.69, 9.17) is 19.4 Å². The molecule has 44 heavy (non-hydrogen) atoms. The van der Waals surface area contributed by atoms with Gasteiger partial charge in [-0.15, -0.1) is 0 Å². The normalized spacial score (nSPS) is 11.6. The van der Waals surface area contributed by atoms with Crippen molar-refractivity contribution in [3.8, 4) is 11.5 Å². The van der Waals surface area contributed by atoms with Gasteiger partial charge in [-0.2, -0.15) is 0 Å². The summed E-state index contributed by atoms with van der Waals surface area (Å²) < 4.78 is 12.0. The molecule has 0 aliphatic carbocycles. The number of oxime groups is 1. The molecule has 0 aliphatic rings. The van der Waals surface area contributed by atoms with Crippen LogP contribution in [0, 0.1) is 0 Å². The van der Waals surface area contributed by atoms with Crippen molar-refractivity contribution in [3.63, 3.8) is 0 Å². The third kappa shape index (κ3) is 6.50. The average molecular weight is 584 g/mol. The second-order valence-corrected chi connectivity index (χ2v) is 10.3. The van der Waals surface area contributed by atoms with Gasteiger partial charge in [0.15, 0.2) is 11.8 Å². The monoisotopic (exact) mass is 583 g/mol. The number of pyridine rings is 2. The van der Waals surface area contributed by atoms with Gasteiger partial charge in [-0.25, -0.2) is 14.8 Å². The summed E-state index contributed by atoms with van der Waals surface area (Å²) in [5.41, 5.74) is 3.89. The maximum absolute atomic E-state index is 11.1. The number of ether oxygens (including phenoxy) is 2. The number of para-hydroxylation sites is 2. The summed E-state index contributed by atoms with van der Waals surface area (Å²) >= 11 is 0. The topological polar surface area (TPSA) is 103 Å². The Morgan fingerprint density at radius 3 is 1.59 bits per heavy atom. The fourth-order valence-electron chi connectivity index (χ4n) is 4.88. The van der Waals surface area contributed by atoms with Gasteiger partial charge in [0.25, 0.3) is 0 Å². The number of hydrogen-bond donors (Lipinski definition) is 1. The van der Waals surface area contributed by atoms with Crippen LogP contribution in [0.5, 0.6) is 11.5 Å². The fourth-order valence-corrected chi connectivity index (χ4v) is 4.88. The van der Waals surface area contributed by atoms with Crippen LogP contribution in [-0.4, -0.2) is 27.3 Å².